The molecule has 186 valence electrons. The number of azo groups is 1. The number of nitrogens with one attached hydrogen (secondary N) is 1. The maximum atomic E-state index is 12.6. The summed E-state index contributed by atoms with van der Waals surface area (Å²) in [4.78, 5) is 17.0. The first-order valence-corrected chi connectivity index (χ1v) is 12.1. The third-order valence-electron chi connectivity index (χ3n) is 5.63. The maximum Gasteiger partial charge on any atom is 0.255 e. The molecule has 4 aromatic rings. The summed E-state index contributed by atoms with van der Waals surface area (Å²) in [5.74, 6) is -0.105. The van der Waals surface area contributed by atoms with Gasteiger partial charge in [0.1, 0.15) is 11.4 Å². The number of hydrogen-bond donors (Lipinski definition) is 2. The number of aliphatic imine (C=N–C) groups is 1. The Labute approximate surface area is 221 Å². The minimum atomic E-state index is -0.176. The van der Waals surface area contributed by atoms with Crippen molar-refractivity contribution in [2.75, 3.05) is 5.32 Å². The molecular weight excluding hydrogens is 484 g/mol. The predicted octanol–water partition coefficient (Wildman–Crippen LogP) is 8.76. The van der Waals surface area contributed by atoms with E-state index in [1.54, 1.807) is 54.7 Å². The molecule has 4 rings (SSSR count). The fraction of sp³-hybridized carbons (Fsp3) is 0.133. The summed E-state index contributed by atoms with van der Waals surface area (Å²) in [5.41, 5.74) is 4.72. The number of nitrogens with zero attached hydrogens (tertiary/aromatic N) is 3. The minimum Gasteiger partial charge on any atom is -0.507 e. The lowest BCUT2D eigenvalue weighted by atomic mass is 9.87. The van der Waals surface area contributed by atoms with Crippen molar-refractivity contribution in [2.45, 2.75) is 26.2 Å². The quantitative estimate of drug-likeness (QED) is 0.200. The highest BCUT2D eigenvalue weighted by Crippen LogP contribution is 2.28. The standard InChI is InChI=1S/C30H27ClN4O2/c1-30(2,3)22-10-8-20(9-11-22)29(37)33-24-14-12-23(13-15-24)32-19-21-18-25(16-17-28(21)36)34-35-27-7-5-4-6-26(27)31/h4-19,36H,1-3H3,(H,33,37). The van der Waals surface area contributed by atoms with Gasteiger partial charge in [0.05, 0.1) is 16.4 Å². The summed E-state index contributed by atoms with van der Waals surface area (Å²) in [6.45, 7) is 6.41. The van der Waals surface area contributed by atoms with Gasteiger partial charge in [0, 0.05) is 23.0 Å². The lowest BCUT2D eigenvalue weighted by Gasteiger charge is -2.19. The van der Waals surface area contributed by atoms with Crippen LogP contribution in [0, 0.1) is 0 Å². The van der Waals surface area contributed by atoms with Crippen LogP contribution in [-0.4, -0.2) is 17.2 Å². The van der Waals surface area contributed by atoms with E-state index in [0.717, 1.165) is 0 Å². The lowest BCUT2D eigenvalue weighted by Crippen LogP contribution is -2.14. The Kier molecular flexibility index (Phi) is 7.80. The van der Waals surface area contributed by atoms with Crippen LogP contribution >= 0.6 is 11.6 Å². The number of aromatic hydroxyl groups is 1. The van der Waals surface area contributed by atoms with E-state index in [-0.39, 0.29) is 17.1 Å². The number of amides is 1. The number of anilines is 1. The van der Waals surface area contributed by atoms with Crippen molar-refractivity contribution in [3.8, 4) is 5.75 Å². The van der Waals surface area contributed by atoms with Crippen molar-refractivity contribution in [1.82, 2.24) is 0 Å². The Bertz CT molecular complexity index is 1450. The molecule has 4 aromatic carbocycles. The molecule has 0 heterocycles. The van der Waals surface area contributed by atoms with Gasteiger partial charge in [-0.15, -0.1) is 5.11 Å². The second-order valence-electron chi connectivity index (χ2n) is 9.48. The molecule has 0 fully saturated rings. The first-order chi connectivity index (χ1) is 17.7. The number of hydrogen-bond acceptors (Lipinski definition) is 5. The Morgan fingerprint density at radius 3 is 2.22 bits per heavy atom. The third-order valence-corrected chi connectivity index (χ3v) is 5.95. The van der Waals surface area contributed by atoms with E-state index in [9.17, 15) is 9.90 Å². The molecule has 37 heavy (non-hydrogen) atoms. The van der Waals surface area contributed by atoms with Crippen LogP contribution in [0.15, 0.2) is 106 Å². The van der Waals surface area contributed by atoms with Crippen molar-refractivity contribution >= 4 is 46.5 Å². The number of phenols is 1. The first-order valence-electron chi connectivity index (χ1n) is 11.7. The Hall–Kier alpha value is -4.29. The number of carbonyl (C=O) groups excluding carboxylic acids is 1. The molecule has 0 aromatic heterocycles. The predicted molar refractivity (Wildman–Crippen MR) is 151 cm³/mol. The second kappa shape index (κ2) is 11.2. The molecule has 0 aliphatic rings. The molecule has 1 amide bonds. The van der Waals surface area contributed by atoms with Gasteiger partial charge in [0.25, 0.3) is 5.91 Å². The van der Waals surface area contributed by atoms with Crippen LogP contribution in [-0.2, 0) is 5.41 Å². The first kappa shape index (κ1) is 25.8. The molecule has 0 aliphatic carbocycles. The zero-order valence-corrected chi connectivity index (χ0v) is 21.6. The van der Waals surface area contributed by atoms with Gasteiger partial charge >= 0.3 is 0 Å². The van der Waals surface area contributed by atoms with Gasteiger partial charge in [-0.2, -0.15) is 5.11 Å². The maximum absolute atomic E-state index is 12.6. The largest absolute Gasteiger partial charge is 0.507 e. The number of benzene rings is 4. The second-order valence-corrected chi connectivity index (χ2v) is 9.89. The summed E-state index contributed by atoms with van der Waals surface area (Å²) >= 11 is 6.12. The molecule has 0 unspecified atom stereocenters. The summed E-state index contributed by atoms with van der Waals surface area (Å²) in [6.07, 6.45) is 1.55. The molecule has 0 spiro atoms. The molecule has 2 N–H and O–H groups in total. The zero-order valence-electron chi connectivity index (χ0n) is 20.8. The van der Waals surface area contributed by atoms with Crippen molar-refractivity contribution in [3.63, 3.8) is 0 Å². The molecule has 0 radical (unpaired) electrons. The molecular formula is C30H27ClN4O2. The fourth-order valence-electron chi connectivity index (χ4n) is 3.45. The van der Waals surface area contributed by atoms with E-state index in [1.807, 2.05) is 36.4 Å². The molecule has 6 nitrogen and oxygen atoms in total. The highest BCUT2D eigenvalue weighted by atomic mass is 35.5. The summed E-state index contributed by atoms with van der Waals surface area (Å²) in [5, 5.41) is 22.0. The molecule has 0 atom stereocenters. The van der Waals surface area contributed by atoms with E-state index in [4.69, 9.17) is 11.6 Å². The van der Waals surface area contributed by atoms with Gasteiger partial charge in [-0.25, -0.2) is 0 Å². The Morgan fingerprint density at radius 2 is 1.54 bits per heavy atom. The monoisotopic (exact) mass is 510 g/mol. The molecule has 0 saturated carbocycles. The fourth-order valence-corrected chi connectivity index (χ4v) is 3.63. The van der Waals surface area contributed by atoms with Gasteiger partial charge < -0.3 is 10.4 Å². The normalized spacial score (nSPS) is 11.8. The zero-order chi connectivity index (χ0) is 26.4. The number of rotatable bonds is 6. The summed E-state index contributed by atoms with van der Waals surface area (Å²) in [7, 11) is 0. The van der Waals surface area contributed by atoms with E-state index in [2.05, 4.69) is 41.3 Å². The van der Waals surface area contributed by atoms with E-state index >= 15 is 0 Å². The highest BCUT2D eigenvalue weighted by Gasteiger charge is 2.14. The Balaban J connectivity index is 1.41. The third kappa shape index (κ3) is 6.90. The van der Waals surface area contributed by atoms with Gasteiger partial charge in [0.2, 0.25) is 0 Å². The van der Waals surface area contributed by atoms with Crippen LogP contribution in [0.5, 0.6) is 5.75 Å². The van der Waals surface area contributed by atoms with Gasteiger partial charge in [0.15, 0.2) is 0 Å². The Morgan fingerprint density at radius 1 is 0.865 bits per heavy atom. The highest BCUT2D eigenvalue weighted by molar-refractivity contribution is 6.32. The van der Waals surface area contributed by atoms with Crippen LogP contribution < -0.4 is 5.32 Å². The number of halogens is 1. The van der Waals surface area contributed by atoms with Crippen molar-refractivity contribution < 1.29 is 9.90 Å². The van der Waals surface area contributed by atoms with E-state index in [1.165, 1.54) is 11.6 Å². The smallest absolute Gasteiger partial charge is 0.255 e. The SMILES string of the molecule is CC(C)(C)c1ccc(C(=O)Nc2ccc(N=Cc3cc(N=Nc4ccccc4Cl)ccc3O)cc2)cc1. The molecule has 0 aliphatic heterocycles. The van der Waals surface area contributed by atoms with Crippen LogP contribution in [0.25, 0.3) is 0 Å². The number of carbonyl (C=O) groups is 1. The van der Waals surface area contributed by atoms with Crippen molar-refractivity contribution in [3.05, 3.63) is 113 Å². The van der Waals surface area contributed by atoms with Crippen molar-refractivity contribution in [1.29, 1.82) is 0 Å². The van der Waals surface area contributed by atoms with Crippen molar-refractivity contribution in [2.24, 2.45) is 15.2 Å². The molecule has 7 heteroatoms. The van der Waals surface area contributed by atoms with Crippen LogP contribution in [0.2, 0.25) is 5.02 Å². The van der Waals surface area contributed by atoms with Gasteiger partial charge in [-0.3, -0.25) is 9.79 Å². The number of phenolic OH excluding ortho intramolecular Hbond substituents is 1. The average molecular weight is 511 g/mol. The summed E-state index contributed by atoms with van der Waals surface area (Å²) < 4.78 is 0. The lowest BCUT2D eigenvalue weighted by molar-refractivity contribution is 0.102. The van der Waals surface area contributed by atoms with Crippen LogP contribution in [0.3, 0.4) is 0 Å². The van der Waals surface area contributed by atoms with Gasteiger partial charge in [-0.1, -0.05) is 56.6 Å². The molecule has 0 bridgehead atoms. The summed E-state index contributed by atoms with van der Waals surface area (Å²) in [6, 6.07) is 26.8. The van der Waals surface area contributed by atoms with E-state index < -0.39 is 0 Å². The molecule has 0 saturated heterocycles. The van der Waals surface area contributed by atoms with Gasteiger partial charge in [-0.05, 0) is 77.7 Å². The van der Waals surface area contributed by atoms with Crippen LogP contribution in [0.4, 0.5) is 22.7 Å². The van der Waals surface area contributed by atoms with E-state index in [0.29, 0.717) is 38.9 Å². The minimum absolute atomic E-state index is 0.0318. The van der Waals surface area contributed by atoms with Crippen LogP contribution in [0.1, 0.15) is 42.3 Å². The topological polar surface area (TPSA) is 86.4 Å². The average Bonchev–Trinajstić information content (AvgIpc) is 2.88.